The molecule has 1 aliphatic rings. The van der Waals surface area contributed by atoms with Crippen LogP contribution in [-0.2, 0) is 33.6 Å². The summed E-state index contributed by atoms with van der Waals surface area (Å²) >= 11 is 1.55. The lowest BCUT2D eigenvalue weighted by atomic mass is 9.97. The lowest BCUT2D eigenvalue weighted by Crippen LogP contribution is -2.54. The fourth-order valence-electron chi connectivity index (χ4n) is 3.15. The molecule has 0 bridgehead atoms. The third kappa shape index (κ3) is 12.6. The SMILES string of the molecule is BC(=O)CCCCCSCNC(=O)C(C)NC(=O)C(C)NC(=O)C(C)NC(=O)CCN1C(=O)C=CC1=O. The van der Waals surface area contributed by atoms with Crippen molar-refractivity contribution in [3.8, 4) is 0 Å². The highest BCUT2D eigenvalue weighted by Crippen LogP contribution is 2.07. The van der Waals surface area contributed by atoms with Gasteiger partial charge < -0.3 is 26.1 Å². The van der Waals surface area contributed by atoms with E-state index in [9.17, 15) is 33.6 Å². The van der Waals surface area contributed by atoms with Crippen molar-refractivity contribution in [2.45, 2.75) is 71.0 Å². The molecule has 12 nitrogen and oxygen atoms in total. The van der Waals surface area contributed by atoms with Crippen LogP contribution in [0.4, 0.5) is 0 Å². The van der Waals surface area contributed by atoms with E-state index in [0.29, 0.717) is 12.3 Å². The van der Waals surface area contributed by atoms with Crippen molar-refractivity contribution in [3.63, 3.8) is 0 Å². The standard InChI is InChI=1S/C23H36BN5O7S/c1-14(21(34)25-13-37-12-6-4-5-7-17(24)30)27-23(36)16(3)28-22(35)15(2)26-18(31)10-11-29-19(32)8-9-20(29)33/h8-9,14-16H,4-7,10-13,24H2,1-3H3,(H,25,34)(H,26,31)(H,27,36)(H,28,35). The van der Waals surface area contributed by atoms with Crippen LogP contribution in [0.2, 0.25) is 0 Å². The van der Waals surface area contributed by atoms with Gasteiger partial charge in [-0.15, -0.1) is 11.8 Å². The number of amides is 6. The van der Waals surface area contributed by atoms with Crippen molar-refractivity contribution in [2.75, 3.05) is 18.2 Å². The molecule has 0 saturated carbocycles. The summed E-state index contributed by atoms with van der Waals surface area (Å²) in [5.41, 5.74) is 0.187. The average Bonchev–Trinajstić information content (AvgIpc) is 3.15. The molecule has 0 spiro atoms. The molecule has 1 rings (SSSR count). The molecule has 0 aromatic rings. The molecule has 14 heteroatoms. The first-order valence-electron chi connectivity index (χ1n) is 12.2. The van der Waals surface area contributed by atoms with E-state index in [4.69, 9.17) is 0 Å². The van der Waals surface area contributed by atoms with Gasteiger partial charge in [0.05, 0.1) is 11.6 Å². The highest BCUT2D eigenvalue weighted by molar-refractivity contribution is 7.99. The first kappa shape index (κ1) is 31.9. The first-order valence-corrected chi connectivity index (χ1v) is 13.4. The number of thioether (sulfide) groups is 1. The topological polar surface area (TPSA) is 171 Å². The Labute approximate surface area is 221 Å². The predicted octanol–water partition coefficient (Wildman–Crippen LogP) is -1.66. The Kier molecular flexibility index (Phi) is 14.3. The van der Waals surface area contributed by atoms with E-state index in [0.717, 1.165) is 42.1 Å². The summed E-state index contributed by atoms with van der Waals surface area (Å²) < 4.78 is 0. The Balaban J connectivity index is 2.26. The molecule has 204 valence electrons. The van der Waals surface area contributed by atoms with Crippen LogP contribution < -0.4 is 21.3 Å². The van der Waals surface area contributed by atoms with Crippen molar-refractivity contribution in [3.05, 3.63) is 12.2 Å². The number of nitrogens with zero attached hydrogens (tertiary/aromatic N) is 1. The predicted molar refractivity (Wildman–Crippen MR) is 141 cm³/mol. The van der Waals surface area contributed by atoms with Gasteiger partial charge in [0.25, 0.3) is 11.8 Å². The number of rotatable bonds is 17. The molecule has 4 N–H and O–H groups in total. The van der Waals surface area contributed by atoms with E-state index in [-0.39, 0.29) is 24.6 Å². The summed E-state index contributed by atoms with van der Waals surface area (Å²) in [4.78, 5) is 83.8. The van der Waals surface area contributed by atoms with Crippen LogP contribution in [0.1, 0.15) is 52.9 Å². The zero-order chi connectivity index (χ0) is 28.0. The van der Waals surface area contributed by atoms with Gasteiger partial charge in [0, 0.05) is 25.1 Å². The van der Waals surface area contributed by atoms with Crippen LogP contribution in [0.3, 0.4) is 0 Å². The van der Waals surface area contributed by atoms with Gasteiger partial charge in [-0.3, -0.25) is 33.7 Å². The molecule has 0 radical (unpaired) electrons. The quantitative estimate of drug-likeness (QED) is 0.0740. The number of imide groups is 1. The van der Waals surface area contributed by atoms with Gasteiger partial charge in [0.2, 0.25) is 23.6 Å². The smallest absolute Gasteiger partial charge is 0.253 e. The minimum Gasteiger partial charge on any atom is -0.345 e. The van der Waals surface area contributed by atoms with Crippen LogP contribution in [0.5, 0.6) is 0 Å². The average molecular weight is 537 g/mol. The molecule has 1 aliphatic heterocycles. The summed E-state index contributed by atoms with van der Waals surface area (Å²) in [6.45, 7) is 4.31. The zero-order valence-corrected chi connectivity index (χ0v) is 22.6. The Morgan fingerprint density at radius 2 is 1.35 bits per heavy atom. The molecule has 3 atom stereocenters. The molecule has 37 heavy (non-hydrogen) atoms. The summed E-state index contributed by atoms with van der Waals surface area (Å²) in [5, 5.41) is 10.2. The highest BCUT2D eigenvalue weighted by Gasteiger charge is 2.26. The van der Waals surface area contributed by atoms with Crippen LogP contribution in [0.15, 0.2) is 12.2 Å². The van der Waals surface area contributed by atoms with E-state index < -0.39 is 47.7 Å². The number of carbonyl (C=O) groups excluding carboxylic acids is 7. The monoisotopic (exact) mass is 537 g/mol. The third-order valence-corrected chi connectivity index (χ3v) is 6.33. The maximum atomic E-state index is 12.4. The molecule has 0 aromatic heterocycles. The van der Waals surface area contributed by atoms with Crippen molar-refractivity contribution < 1.29 is 33.6 Å². The molecule has 1 heterocycles. The molecular weight excluding hydrogens is 501 g/mol. The second-order valence-corrected chi connectivity index (χ2v) is 9.87. The molecule has 6 amide bonds. The van der Waals surface area contributed by atoms with Crippen LogP contribution >= 0.6 is 11.8 Å². The summed E-state index contributed by atoms with van der Waals surface area (Å²) in [5.74, 6) is -1.82. The van der Waals surface area contributed by atoms with Gasteiger partial charge in [-0.1, -0.05) is 6.42 Å². The van der Waals surface area contributed by atoms with E-state index in [1.54, 1.807) is 19.6 Å². The second kappa shape index (κ2) is 16.6. The Bertz CT molecular complexity index is 896. The van der Waals surface area contributed by atoms with E-state index in [2.05, 4.69) is 21.3 Å². The summed E-state index contributed by atoms with van der Waals surface area (Å²) in [7, 11) is 1.58. The lowest BCUT2D eigenvalue weighted by molar-refractivity contribution is -0.137. The van der Waals surface area contributed by atoms with E-state index >= 15 is 0 Å². The molecular formula is C23H36BN5O7S. The zero-order valence-electron chi connectivity index (χ0n) is 21.8. The molecule has 0 aliphatic carbocycles. The van der Waals surface area contributed by atoms with Crippen LogP contribution in [0.25, 0.3) is 0 Å². The molecule has 3 unspecified atom stereocenters. The van der Waals surface area contributed by atoms with Gasteiger partial charge in [-0.2, -0.15) is 0 Å². The van der Waals surface area contributed by atoms with E-state index in [1.165, 1.54) is 20.8 Å². The first-order chi connectivity index (χ1) is 17.4. The molecule has 0 saturated heterocycles. The number of unbranched alkanes of at least 4 members (excludes halogenated alkanes) is 2. The van der Waals surface area contributed by atoms with Gasteiger partial charge in [-0.05, 0) is 45.8 Å². The van der Waals surface area contributed by atoms with Gasteiger partial charge in [-0.25, -0.2) is 0 Å². The third-order valence-electron chi connectivity index (χ3n) is 5.40. The lowest BCUT2D eigenvalue weighted by Gasteiger charge is -2.20. The largest absolute Gasteiger partial charge is 0.345 e. The number of hydrogen-bond donors (Lipinski definition) is 4. The van der Waals surface area contributed by atoms with Crippen LogP contribution in [0, 0.1) is 0 Å². The fourth-order valence-corrected chi connectivity index (χ4v) is 3.95. The van der Waals surface area contributed by atoms with Gasteiger partial charge in [0.15, 0.2) is 7.85 Å². The van der Waals surface area contributed by atoms with Crippen LogP contribution in [-0.4, -0.2) is 90.2 Å². The maximum absolute atomic E-state index is 12.4. The van der Waals surface area contributed by atoms with Gasteiger partial charge >= 0.3 is 0 Å². The summed E-state index contributed by atoms with van der Waals surface area (Å²) in [6.07, 6.45) is 5.43. The minimum absolute atomic E-state index is 0.108. The summed E-state index contributed by atoms with van der Waals surface area (Å²) in [6, 6.07) is -2.74. The Hall–Kier alpha value is -3.16. The molecule has 0 aromatic carbocycles. The normalized spacial score (nSPS) is 15.1. The number of nitrogens with one attached hydrogen (secondary N) is 4. The molecule has 0 fully saturated rings. The Morgan fingerprint density at radius 3 is 1.92 bits per heavy atom. The highest BCUT2D eigenvalue weighted by atomic mass is 32.2. The maximum Gasteiger partial charge on any atom is 0.253 e. The number of hydrogen-bond acceptors (Lipinski definition) is 8. The minimum atomic E-state index is -0.967. The van der Waals surface area contributed by atoms with Gasteiger partial charge in [0.1, 0.15) is 18.1 Å². The second-order valence-electron chi connectivity index (χ2n) is 8.77. The number of carbonyl (C=O) groups is 7. The fraction of sp³-hybridized carbons (Fsp3) is 0.609. The van der Waals surface area contributed by atoms with Crippen molar-refractivity contribution in [1.82, 2.24) is 26.2 Å². The van der Waals surface area contributed by atoms with Crippen molar-refractivity contribution >= 4 is 60.7 Å². The Morgan fingerprint density at radius 1 is 0.811 bits per heavy atom. The van der Waals surface area contributed by atoms with Crippen molar-refractivity contribution in [1.29, 1.82) is 0 Å². The van der Waals surface area contributed by atoms with E-state index in [1.807, 2.05) is 0 Å². The van der Waals surface area contributed by atoms with Crippen molar-refractivity contribution in [2.24, 2.45) is 0 Å².